The number of amides is 2. The maximum atomic E-state index is 14.3. The van der Waals surface area contributed by atoms with Crippen molar-refractivity contribution in [3.63, 3.8) is 0 Å². The van der Waals surface area contributed by atoms with Gasteiger partial charge in [-0.1, -0.05) is 80.6 Å². The van der Waals surface area contributed by atoms with E-state index in [2.05, 4.69) is 10.6 Å². The smallest absolute Gasteiger partial charge is 0.328 e. The number of halogens is 1. The first kappa shape index (κ1) is 26.3. The third-order valence-corrected chi connectivity index (χ3v) is 5.25. The summed E-state index contributed by atoms with van der Waals surface area (Å²) in [5, 5.41) is 5.22. The Hall–Kier alpha value is -4.26. The number of benzene rings is 3. The molecule has 7 heteroatoms. The van der Waals surface area contributed by atoms with Gasteiger partial charge in [0.2, 0.25) is 0 Å². The van der Waals surface area contributed by atoms with Crippen LogP contribution < -0.4 is 10.6 Å². The maximum Gasteiger partial charge on any atom is 0.328 e. The third-order valence-electron chi connectivity index (χ3n) is 5.25. The summed E-state index contributed by atoms with van der Waals surface area (Å²) in [5.74, 6) is -2.36. The van der Waals surface area contributed by atoms with E-state index in [-0.39, 0.29) is 23.8 Å². The van der Waals surface area contributed by atoms with Crippen LogP contribution in [0.2, 0.25) is 0 Å². The van der Waals surface area contributed by atoms with Gasteiger partial charge in [-0.2, -0.15) is 0 Å². The van der Waals surface area contributed by atoms with E-state index in [1.807, 2.05) is 44.2 Å². The fraction of sp³-hybridized carbons (Fsp3) is 0.207. The average Bonchev–Trinajstić information content (AvgIpc) is 2.88. The van der Waals surface area contributed by atoms with E-state index in [0.29, 0.717) is 12.0 Å². The maximum absolute atomic E-state index is 14.3. The van der Waals surface area contributed by atoms with Gasteiger partial charge in [-0.25, -0.2) is 9.18 Å². The van der Waals surface area contributed by atoms with Crippen LogP contribution in [0.15, 0.2) is 90.6 Å². The van der Waals surface area contributed by atoms with E-state index in [9.17, 15) is 18.8 Å². The highest BCUT2D eigenvalue weighted by Gasteiger charge is 2.26. The van der Waals surface area contributed by atoms with Gasteiger partial charge in [-0.15, -0.1) is 0 Å². The zero-order valence-electron chi connectivity index (χ0n) is 20.2. The first-order valence-electron chi connectivity index (χ1n) is 11.7. The lowest BCUT2D eigenvalue weighted by molar-refractivity contribution is -0.149. The van der Waals surface area contributed by atoms with E-state index < -0.39 is 29.6 Å². The molecule has 6 nitrogen and oxygen atoms in total. The minimum atomic E-state index is -0.959. The van der Waals surface area contributed by atoms with Crippen LogP contribution in [0.25, 0.3) is 6.08 Å². The van der Waals surface area contributed by atoms with Crippen LogP contribution in [0, 0.1) is 11.7 Å². The number of carbonyl (C=O) groups excluding carboxylic acids is 3. The molecule has 0 aromatic heterocycles. The zero-order valence-corrected chi connectivity index (χ0v) is 20.2. The molecular weight excluding hydrogens is 459 g/mol. The molecule has 3 rings (SSSR count). The number of esters is 1. The van der Waals surface area contributed by atoms with Gasteiger partial charge in [0.05, 0.1) is 0 Å². The van der Waals surface area contributed by atoms with Crippen LogP contribution in [-0.4, -0.2) is 23.8 Å². The minimum Gasteiger partial charge on any atom is -0.459 e. The Labute approximate surface area is 210 Å². The molecule has 0 aliphatic carbocycles. The topological polar surface area (TPSA) is 84.5 Å². The van der Waals surface area contributed by atoms with Gasteiger partial charge in [0.25, 0.3) is 11.8 Å². The summed E-state index contributed by atoms with van der Waals surface area (Å²) >= 11 is 0. The van der Waals surface area contributed by atoms with Crippen molar-refractivity contribution in [1.82, 2.24) is 10.6 Å². The van der Waals surface area contributed by atoms with Crippen LogP contribution in [0.5, 0.6) is 0 Å². The number of hydrogen-bond acceptors (Lipinski definition) is 4. The van der Waals surface area contributed by atoms with Gasteiger partial charge < -0.3 is 15.4 Å². The number of hydrogen-bond donors (Lipinski definition) is 2. The van der Waals surface area contributed by atoms with Gasteiger partial charge in [-0.05, 0) is 42.2 Å². The number of rotatable bonds is 10. The van der Waals surface area contributed by atoms with E-state index in [4.69, 9.17) is 4.74 Å². The number of ether oxygens (including phenoxy) is 1. The Morgan fingerprint density at radius 2 is 1.50 bits per heavy atom. The molecule has 0 saturated carbocycles. The molecule has 1 unspecified atom stereocenters. The lowest BCUT2D eigenvalue weighted by Crippen LogP contribution is -2.45. The molecule has 2 amide bonds. The molecule has 1 atom stereocenters. The van der Waals surface area contributed by atoms with E-state index in [0.717, 1.165) is 5.56 Å². The highest BCUT2D eigenvalue weighted by Crippen LogP contribution is 2.14. The Kier molecular flexibility index (Phi) is 9.51. The van der Waals surface area contributed by atoms with Crippen molar-refractivity contribution in [2.24, 2.45) is 5.92 Å². The molecule has 0 aliphatic heterocycles. The van der Waals surface area contributed by atoms with Crippen LogP contribution in [0.3, 0.4) is 0 Å². The fourth-order valence-corrected chi connectivity index (χ4v) is 3.44. The minimum absolute atomic E-state index is 0.0623. The summed E-state index contributed by atoms with van der Waals surface area (Å²) < 4.78 is 19.8. The highest BCUT2D eigenvalue weighted by molar-refractivity contribution is 6.06. The van der Waals surface area contributed by atoms with Crippen molar-refractivity contribution < 1.29 is 23.5 Å². The normalized spacial score (nSPS) is 12.1. The van der Waals surface area contributed by atoms with Gasteiger partial charge in [0, 0.05) is 11.1 Å². The molecule has 3 aromatic carbocycles. The monoisotopic (exact) mass is 488 g/mol. The second kappa shape index (κ2) is 13.0. The first-order valence-corrected chi connectivity index (χ1v) is 11.7. The Bertz CT molecular complexity index is 1210. The highest BCUT2D eigenvalue weighted by atomic mass is 19.1. The number of nitrogens with one attached hydrogen (secondary N) is 2. The summed E-state index contributed by atoms with van der Waals surface area (Å²) in [4.78, 5) is 38.9. The van der Waals surface area contributed by atoms with E-state index in [1.165, 1.54) is 24.3 Å². The van der Waals surface area contributed by atoms with E-state index in [1.54, 1.807) is 36.4 Å². The molecule has 36 heavy (non-hydrogen) atoms. The molecule has 0 heterocycles. The Morgan fingerprint density at radius 1 is 0.889 bits per heavy atom. The van der Waals surface area contributed by atoms with Crippen LogP contribution in [0.1, 0.15) is 41.8 Å². The lowest BCUT2D eigenvalue weighted by atomic mass is 10.0. The molecule has 0 bridgehead atoms. The Balaban J connectivity index is 1.82. The molecular formula is C29H29FN2O4. The summed E-state index contributed by atoms with van der Waals surface area (Å²) in [6, 6.07) is 22.5. The molecule has 0 saturated heterocycles. The summed E-state index contributed by atoms with van der Waals surface area (Å²) in [5.41, 5.74) is 1.06. The van der Waals surface area contributed by atoms with Crippen molar-refractivity contribution in [2.75, 3.05) is 0 Å². The van der Waals surface area contributed by atoms with Gasteiger partial charge in [0.15, 0.2) is 0 Å². The van der Waals surface area contributed by atoms with Gasteiger partial charge in [0.1, 0.15) is 24.2 Å². The third kappa shape index (κ3) is 7.91. The van der Waals surface area contributed by atoms with Gasteiger partial charge in [-0.3, -0.25) is 9.59 Å². The predicted molar refractivity (Wildman–Crippen MR) is 136 cm³/mol. The molecule has 0 fully saturated rings. The van der Waals surface area contributed by atoms with Crippen molar-refractivity contribution in [3.8, 4) is 0 Å². The van der Waals surface area contributed by atoms with Crippen LogP contribution >= 0.6 is 0 Å². The molecule has 2 N–H and O–H groups in total. The second-order valence-corrected chi connectivity index (χ2v) is 8.65. The largest absolute Gasteiger partial charge is 0.459 e. The Morgan fingerprint density at radius 3 is 2.14 bits per heavy atom. The summed E-state index contributed by atoms with van der Waals surface area (Å²) in [7, 11) is 0. The summed E-state index contributed by atoms with van der Waals surface area (Å²) in [6.45, 7) is 3.89. The first-order chi connectivity index (χ1) is 17.3. The molecule has 186 valence electrons. The van der Waals surface area contributed by atoms with Crippen molar-refractivity contribution in [1.29, 1.82) is 0 Å². The summed E-state index contributed by atoms with van der Waals surface area (Å²) in [6.07, 6.45) is 1.56. The average molecular weight is 489 g/mol. The quantitative estimate of drug-likeness (QED) is 0.315. The standard InChI is InChI=1S/C29H29FN2O4/c1-20(2)17-26(29(35)36-19-21-11-5-3-6-12-21)32-28(34)25(18-23-15-9-10-16-24(23)30)31-27(33)22-13-7-4-8-14-22/h3-16,18,20,26H,17,19H2,1-2H3,(H,31,33)(H,32,34). The van der Waals surface area contributed by atoms with Crippen molar-refractivity contribution in [2.45, 2.75) is 32.9 Å². The molecule has 0 radical (unpaired) electrons. The van der Waals surface area contributed by atoms with Crippen LogP contribution in [0.4, 0.5) is 4.39 Å². The van der Waals surface area contributed by atoms with Gasteiger partial charge >= 0.3 is 5.97 Å². The molecule has 0 spiro atoms. The van der Waals surface area contributed by atoms with Crippen LogP contribution in [-0.2, 0) is 20.9 Å². The molecule has 3 aromatic rings. The van der Waals surface area contributed by atoms with Crippen molar-refractivity contribution in [3.05, 3.63) is 113 Å². The lowest BCUT2D eigenvalue weighted by Gasteiger charge is -2.20. The second-order valence-electron chi connectivity index (χ2n) is 8.65. The zero-order chi connectivity index (χ0) is 25.9. The fourth-order valence-electron chi connectivity index (χ4n) is 3.44. The predicted octanol–water partition coefficient (Wildman–Crippen LogP) is 4.87. The molecule has 0 aliphatic rings. The van der Waals surface area contributed by atoms with Crippen molar-refractivity contribution >= 4 is 23.9 Å². The SMILES string of the molecule is CC(C)CC(NC(=O)C(=Cc1ccccc1F)NC(=O)c1ccccc1)C(=O)OCc1ccccc1. The number of carbonyl (C=O) groups is 3. The van der Waals surface area contributed by atoms with E-state index >= 15 is 0 Å².